The standard InChI is InChI=1S/C28H29N3O4/c1-4-34-21-11-13-22(14-12-21)35-16-15-29-26(32)18-31-28(33)24-8-6-5-7-23(24)27(30-31)25-17-19(2)9-10-20(25)3/h5-14,17H,4,15-16,18H2,1-3H3,(H,29,32). The van der Waals surface area contributed by atoms with Crippen molar-refractivity contribution in [1.82, 2.24) is 15.1 Å². The lowest BCUT2D eigenvalue weighted by Gasteiger charge is -2.14. The van der Waals surface area contributed by atoms with E-state index in [-0.39, 0.29) is 18.0 Å². The monoisotopic (exact) mass is 471 g/mol. The summed E-state index contributed by atoms with van der Waals surface area (Å²) in [5.41, 5.74) is 3.48. The van der Waals surface area contributed by atoms with Gasteiger partial charge in [-0.3, -0.25) is 9.59 Å². The fraction of sp³-hybridized carbons (Fsp3) is 0.250. The van der Waals surface area contributed by atoms with Gasteiger partial charge in [-0.25, -0.2) is 4.68 Å². The van der Waals surface area contributed by atoms with Crippen LogP contribution in [0.1, 0.15) is 18.1 Å². The number of aryl methyl sites for hydroxylation is 2. The van der Waals surface area contributed by atoms with E-state index >= 15 is 0 Å². The Bertz CT molecular complexity index is 1390. The average Bonchev–Trinajstić information content (AvgIpc) is 2.86. The van der Waals surface area contributed by atoms with E-state index in [9.17, 15) is 9.59 Å². The molecular formula is C28H29N3O4. The van der Waals surface area contributed by atoms with Crippen LogP contribution in [0.25, 0.3) is 22.0 Å². The Morgan fingerprint density at radius 3 is 2.34 bits per heavy atom. The zero-order valence-corrected chi connectivity index (χ0v) is 20.2. The smallest absolute Gasteiger partial charge is 0.275 e. The maximum atomic E-state index is 13.1. The number of aromatic nitrogens is 2. The highest BCUT2D eigenvalue weighted by molar-refractivity contribution is 5.94. The molecule has 4 rings (SSSR count). The summed E-state index contributed by atoms with van der Waals surface area (Å²) in [5, 5.41) is 8.71. The molecule has 1 aromatic heterocycles. The first-order chi connectivity index (χ1) is 17.0. The molecule has 180 valence electrons. The van der Waals surface area contributed by atoms with Crippen molar-refractivity contribution in [1.29, 1.82) is 0 Å². The van der Waals surface area contributed by atoms with Crippen LogP contribution >= 0.6 is 0 Å². The number of ether oxygens (including phenoxy) is 2. The second kappa shape index (κ2) is 10.9. The van der Waals surface area contributed by atoms with Gasteiger partial charge in [0.05, 0.1) is 24.2 Å². The van der Waals surface area contributed by atoms with Crippen molar-refractivity contribution in [3.63, 3.8) is 0 Å². The number of benzene rings is 3. The van der Waals surface area contributed by atoms with Crippen LogP contribution < -0.4 is 20.3 Å². The molecule has 0 radical (unpaired) electrons. The summed E-state index contributed by atoms with van der Waals surface area (Å²) in [6, 6.07) is 20.8. The lowest BCUT2D eigenvalue weighted by Crippen LogP contribution is -2.35. The number of nitrogens with one attached hydrogen (secondary N) is 1. The molecule has 0 bridgehead atoms. The van der Waals surface area contributed by atoms with Gasteiger partial charge >= 0.3 is 0 Å². The van der Waals surface area contributed by atoms with Crippen molar-refractivity contribution in [2.24, 2.45) is 0 Å². The normalized spacial score (nSPS) is 10.8. The summed E-state index contributed by atoms with van der Waals surface area (Å²) in [4.78, 5) is 25.7. The molecule has 0 aliphatic carbocycles. The molecule has 0 atom stereocenters. The van der Waals surface area contributed by atoms with Crippen LogP contribution in [0.15, 0.2) is 71.5 Å². The van der Waals surface area contributed by atoms with Crippen LogP contribution in [0.2, 0.25) is 0 Å². The van der Waals surface area contributed by atoms with Crippen molar-refractivity contribution < 1.29 is 14.3 Å². The van der Waals surface area contributed by atoms with E-state index in [1.165, 1.54) is 4.68 Å². The average molecular weight is 472 g/mol. The molecule has 0 saturated carbocycles. The molecule has 0 fully saturated rings. The van der Waals surface area contributed by atoms with E-state index in [0.717, 1.165) is 27.8 Å². The number of nitrogens with zero attached hydrogens (tertiary/aromatic N) is 2. The molecule has 1 heterocycles. The van der Waals surface area contributed by atoms with E-state index in [2.05, 4.69) is 16.5 Å². The molecule has 7 heteroatoms. The van der Waals surface area contributed by atoms with Crippen molar-refractivity contribution in [3.05, 3.63) is 88.2 Å². The highest BCUT2D eigenvalue weighted by atomic mass is 16.5. The van der Waals surface area contributed by atoms with E-state index in [1.54, 1.807) is 6.07 Å². The lowest BCUT2D eigenvalue weighted by molar-refractivity contribution is -0.122. The van der Waals surface area contributed by atoms with Gasteiger partial charge in [-0.05, 0) is 62.7 Å². The molecule has 4 aromatic rings. The lowest BCUT2D eigenvalue weighted by atomic mass is 9.99. The summed E-state index contributed by atoms with van der Waals surface area (Å²) in [7, 11) is 0. The van der Waals surface area contributed by atoms with Crippen LogP contribution in [0.3, 0.4) is 0 Å². The number of carbonyl (C=O) groups excluding carboxylic acids is 1. The molecular weight excluding hydrogens is 442 g/mol. The minimum Gasteiger partial charge on any atom is -0.494 e. The molecule has 0 unspecified atom stereocenters. The topological polar surface area (TPSA) is 82.4 Å². The molecule has 0 saturated heterocycles. The Labute approximate surface area is 204 Å². The number of hydrogen-bond acceptors (Lipinski definition) is 5. The number of hydrogen-bond donors (Lipinski definition) is 1. The van der Waals surface area contributed by atoms with Gasteiger partial charge in [0.1, 0.15) is 24.7 Å². The number of carbonyl (C=O) groups is 1. The van der Waals surface area contributed by atoms with Crippen molar-refractivity contribution in [3.8, 4) is 22.8 Å². The summed E-state index contributed by atoms with van der Waals surface area (Å²) in [6.45, 7) is 6.99. The second-order valence-corrected chi connectivity index (χ2v) is 8.28. The summed E-state index contributed by atoms with van der Waals surface area (Å²) in [6.07, 6.45) is 0. The van der Waals surface area contributed by atoms with Gasteiger partial charge in [-0.1, -0.05) is 35.9 Å². The zero-order valence-electron chi connectivity index (χ0n) is 20.2. The molecule has 7 nitrogen and oxygen atoms in total. The van der Waals surface area contributed by atoms with E-state index in [1.807, 2.05) is 75.4 Å². The van der Waals surface area contributed by atoms with Crippen molar-refractivity contribution in [2.45, 2.75) is 27.3 Å². The predicted octanol–water partition coefficient (Wildman–Crippen LogP) is 4.27. The first-order valence-electron chi connectivity index (χ1n) is 11.7. The second-order valence-electron chi connectivity index (χ2n) is 8.28. The molecule has 0 spiro atoms. The highest BCUT2D eigenvalue weighted by Gasteiger charge is 2.15. The minimum absolute atomic E-state index is 0.176. The van der Waals surface area contributed by atoms with Crippen molar-refractivity contribution >= 4 is 16.7 Å². The number of fused-ring (bicyclic) bond motifs is 1. The minimum atomic E-state index is -0.308. The first-order valence-corrected chi connectivity index (χ1v) is 11.7. The molecule has 0 aliphatic rings. The van der Waals surface area contributed by atoms with Gasteiger partial charge in [0.15, 0.2) is 0 Å². The van der Waals surface area contributed by atoms with Crippen LogP contribution in [0.5, 0.6) is 11.5 Å². The Morgan fingerprint density at radius 1 is 0.943 bits per heavy atom. The molecule has 35 heavy (non-hydrogen) atoms. The third kappa shape index (κ3) is 5.69. The van der Waals surface area contributed by atoms with Gasteiger partial charge in [0.25, 0.3) is 5.56 Å². The van der Waals surface area contributed by atoms with E-state index in [4.69, 9.17) is 9.47 Å². The molecule has 0 aliphatic heterocycles. The predicted molar refractivity (Wildman–Crippen MR) is 137 cm³/mol. The Kier molecular flexibility index (Phi) is 7.45. The van der Waals surface area contributed by atoms with Gasteiger partial charge in [0.2, 0.25) is 5.91 Å². The van der Waals surface area contributed by atoms with Gasteiger partial charge < -0.3 is 14.8 Å². The third-order valence-electron chi connectivity index (χ3n) is 5.64. The molecule has 3 aromatic carbocycles. The molecule has 1 amide bonds. The maximum Gasteiger partial charge on any atom is 0.275 e. The van der Waals surface area contributed by atoms with Gasteiger partial charge in [-0.2, -0.15) is 5.10 Å². The van der Waals surface area contributed by atoms with Crippen LogP contribution in [-0.2, 0) is 11.3 Å². The van der Waals surface area contributed by atoms with E-state index in [0.29, 0.717) is 36.6 Å². The maximum absolute atomic E-state index is 13.1. The SMILES string of the molecule is CCOc1ccc(OCCNC(=O)Cn2nc(-c3cc(C)ccc3C)c3ccccc3c2=O)cc1. The van der Waals surface area contributed by atoms with Crippen LogP contribution in [-0.4, -0.2) is 35.4 Å². The highest BCUT2D eigenvalue weighted by Crippen LogP contribution is 2.28. The Morgan fingerprint density at radius 2 is 1.63 bits per heavy atom. The zero-order chi connectivity index (χ0) is 24.8. The fourth-order valence-corrected chi connectivity index (χ4v) is 3.88. The Hall–Kier alpha value is -4.13. The summed E-state index contributed by atoms with van der Waals surface area (Å²) < 4.78 is 12.3. The van der Waals surface area contributed by atoms with Gasteiger partial charge in [0, 0.05) is 10.9 Å². The summed E-state index contributed by atoms with van der Waals surface area (Å²) in [5.74, 6) is 1.16. The number of amides is 1. The first kappa shape index (κ1) is 24.0. The van der Waals surface area contributed by atoms with Gasteiger partial charge in [-0.15, -0.1) is 0 Å². The van der Waals surface area contributed by atoms with Crippen LogP contribution in [0.4, 0.5) is 0 Å². The van der Waals surface area contributed by atoms with Crippen molar-refractivity contribution in [2.75, 3.05) is 19.8 Å². The fourth-order valence-electron chi connectivity index (χ4n) is 3.88. The quantitative estimate of drug-likeness (QED) is 0.369. The number of rotatable bonds is 9. The Balaban J connectivity index is 1.47. The van der Waals surface area contributed by atoms with E-state index < -0.39 is 0 Å². The third-order valence-corrected chi connectivity index (χ3v) is 5.64. The summed E-state index contributed by atoms with van der Waals surface area (Å²) >= 11 is 0. The largest absolute Gasteiger partial charge is 0.494 e. The van der Waals surface area contributed by atoms with Crippen LogP contribution in [0, 0.1) is 13.8 Å². The molecule has 1 N–H and O–H groups in total.